The van der Waals surface area contributed by atoms with Crippen LogP contribution >= 0.6 is 15.9 Å². The lowest BCUT2D eigenvalue weighted by Gasteiger charge is -2.13. The fraction of sp³-hybridized carbons (Fsp3) is 0.500. The summed E-state index contributed by atoms with van der Waals surface area (Å²) in [7, 11) is 0. The molecule has 1 amide bonds. The number of nitrogens with zero attached hydrogens (tertiary/aromatic N) is 1. The van der Waals surface area contributed by atoms with E-state index in [4.69, 9.17) is 5.11 Å². The molecule has 1 unspecified atom stereocenters. The number of carbonyl (C=O) groups is 1. The predicted molar refractivity (Wildman–Crippen MR) is 69.8 cm³/mol. The van der Waals surface area contributed by atoms with E-state index in [0.717, 1.165) is 6.42 Å². The molecule has 0 radical (unpaired) electrons. The van der Waals surface area contributed by atoms with Crippen molar-refractivity contribution in [3.05, 3.63) is 28.5 Å². The molecule has 0 spiro atoms. The van der Waals surface area contributed by atoms with Crippen molar-refractivity contribution in [2.75, 3.05) is 13.2 Å². The number of amides is 1. The largest absolute Gasteiger partial charge is 0.396 e. The predicted octanol–water partition coefficient (Wildman–Crippen LogP) is 1.98. The average molecular weight is 301 g/mol. The Hall–Kier alpha value is -0.940. The molecule has 1 aromatic heterocycles. The van der Waals surface area contributed by atoms with Crippen LogP contribution in [-0.2, 0) is 0 Å². The quantitative estimate of drug-likeness (QED) is 0.790. The van der Waals surface area contributed by atoms with Crippen molar-refractivity contribution in [1.29, 1.82) is 0 Å². The van der Waals surface area contributed by atoms with E-state index in [0.29, 0.717) is 29.2 Å². The van der Waals surface area contributed by atoms with Crippen LogP contribution < -0.4 is 5.32 Å². The molecule has 1 aromatic rings. The summed E-state index contributed by atoms with van der Waals surface area (Å²) in [4.78, 5) is 15.8. The van der Waals surface area contributed by atoms with Gasteiger partial charge in [-0.2, -0.15) is 0 Å². The Morgan fingerprint density at radius 3 is 2.94 bits per heavy atom. The summed E-state index contributed by atoms with van der Waals surface area (Å²) in [5.74, 6) is 0.138. The van der Waals surface area contributed by atoms with E-state index in [1.54, 1.807) is 18.2 Å². The number of carbonyl (C=O) groups excluding carboxylic acids is 1. The second-order valence-electron chi connectivity index (χ2n) is 3.84. The van der Waals surface area contributed by atoms with Crippen molar-refractivity contribution in [2.45, 2.75) is 19.8 Å². The highest BCUT2D eigenvalue weighted by Crippen LogP contribution is 2.08. The Bertz CT molecular complexity index is 371. The Kier molecular flexibility index (Phi) is 6.15. The van der Waals surface area contributed by atoms with E-state index in [1.807, 2.05) is 6.92 Å². The maximum Gasteiger partial charge on any atom is 0.269 e. The summed E-state index contributed by atoms with van der Waals surface area (Å²) in [6, 6.07) is 5.22. The SMILES string of the molecule is CCC(CCO)CNC(=O)c1cccc(Br)n1. The maximum atomic E-state index is 11.8. The van der Waals surface area contributed by atoms with Gasteiger partial charge in [0.2, 0.25) is 0 Å². The fourth-order valence-corrected chi connectivity index (χ4v) is 1.84. The minimum absolute atomic E-state index is 0.156. The highest BCUT2D eigenvalue weighted by molar-refractivity contribution is 9.10. The zero-order chi connectivity index (χ0) is 12.7. The number of aliphatic hydroxyl groups excluding tert-OH is 1. The molecule has 0 saturated carbocycles. The normalized spacial score (nSPS) is 12.2. The molecule has 0 aliphatic rings. The van der Waals surface area contributed by atoms with Crippen LogP contribution in [0, 0.1) is 5.92 Å². The lowest BCUT2D eigenvalue weighted by atomic mass is 10.0. The first-order valence-electron chi connectivity index (χ1n) is 5.69. The minimum Gasteiger partial charge on any atom is -0.396 e. The molecule has 0 aromatic carbocycles. The van der Waals surface area contributed by atoms with Gasteiger partial charge < -0.3 is 10.4 Å². The summed E-state index contributed by atoms with van der Waals surface area (Å²) >= 11 is 3.22. The minimum atomic E-state index is -0.178. The first-order valence-corrected chi connectivity index (χ1v) is 6.48. The van der Waals surface area contributed by atoms with Crippen molar-refractivity contribution in [3.63, 3.8) is 0 Å². The van der Waals surface area contributed by atoms with Crippen molar-refractivity contribution in [1.82, 2.24) is 10.3 Å². The smallest absolute Gasteiger partial charge is 0.269 e. The maximum absolute atomic E-state index is 11.8. The van der Waals surface area contributed by atoms with Gasteiger partial charge in [0.05, 0.1) is 0 Å². The third-order valence-corrected chi connectivity index (χ3v) is 3.06. The molecule has 0 fully saturated rings. The summed E-state index contributed by atoms with van der Waals surface area (Å²) < 4.78 is 0.646. The third-order valence-electron chi connectivity index (χ3n) is 2.61. The number of aliphatic hydroxyl groups is 1. The number of pyridine rings is 1. The zero-order valence-corrected chi connectivity index (χ0v) is 11.4. The van der Waals surface area contributed by atoms with Gasteiger partial charge in [-0.15, -0.1) is 0 Å². The van der Waals surface area contributed by atoms with E-state index in [9.17, 15) is 4.79 Å². The van der Waals surface area contributed by atoms with Gasteiger partial charge in [-0.05, 0) is 40.4 Å². The molecule has 4 nitrogen and oxygen atoms in total. The van der Waals surface area contributed by atoms with Crippen molar-refractivity contribution < 1.29 is 9.90 Å². The van der Waals surface area contributed by atoms with E-state index < -0.39 is 0 Å². The standard InChI is InChI=1S/C12H17BrN2O2/c1-2-9(6-7-16)8-14-12(17)10-4-3-5-11(13)15-10/h3-5,9,16H,2,6-8H2,1H3,(H,14,17). The van der Waals surface area contributed by atoms with Crippen molar-refractivity contribution in [3.8, 4) is 0 Å². The number of rotatable bonds is 6. The molecule has 0 aliphatic heterocycles. The number of hydrogen-bond donors (Lipinski definition) is 2. The molecular formula is C12H17BrN2O2. The molecule has 1 heterocycles. The Morgan fingerprint density at radius 1 is 1.59 bits per heavy atom. The highest BCUT2D eigenvalue weighted by atomic mass is 79.9. The van der Waals surface area contributed by atoms with Gasteiger partial charge >= 0.3 is 0 Å². The average Bonchev–Trinajstić information content (AvgIpc) is 2.34. The van der Waals surface area contributed by atoms with E-state index in [-0.39, 0.29) is 12.5 Å². The first-order chi connectivity index (χ1) is 8.17. The second kappa shape index (κ2) is 7.40. The van der Waals surface area contributed by atoms with Crippen LogP contribution in [0.25, 0.3) is 0 Å². The summed E-state index contributed by atoms with van der Waals surface area (Å²) in [5, 5.41) is 11.7. The van der Waals surface area contributed by atoms with Crippen LogP contribution in [0.1, 0.15) is 30.3 Å². The Morgan fingerprint density at radius 2 is 2.35 bits per heavy atom. The van der Waals surface area contributed by atoms with Gasteiger partial charge in [-0.25, -0.2) is 4.98 Å². The molecule has 5 heteroatoms. The molecule has 0 aliphatic carbocycles. The van der Waals surface area contributed by atoms with Gasteiger partial charge in [0.1, 0.15) is 10.3 Å². The first kappa shape index (κ1) is 14.1. The zero-order valence-electron chi connectivity index (χ0n) is 9.82. The monoisotopic (exact) mass is 300 g/mol. The lowest BCUT2D eigenvalue weighted by Crippen LogP contribution is -2.30. The van der Waals surface area contributed by atoms with Crippen LogP contribution in [0.5, 0.6) is 0 Å². The molecular weight excluding hydrogens is 284 g/mol. The van der Waals surface area contributed by atoms with Crippen LogP contribution in [-0.4, -0.2) is 29.1 Å². The molecule has 2 N–H and O–H groups in total. The highest BCUT2D eigenvalue weighted by Gasteiger charge is 2.10. The fourth-order valence-electron chi connectivity index (χ4n) is 1.50. The third kappa shape index (κ3) is 4.83. The summed E-state index contributed by atoms with van der Waals surface area (Å²) in [6.07, 6.45) is 1.65. The summed E-state index contributed by atoms with van der Waals surface area (Å²) in [6.45, 7) is 2.78. The van der Waals surface area contributed by atoms with E-state index in [2.05, 4.69) is 26.2 Å². The molecule has 1 rings (SSSR count). The van der Waals surface area contributed by atoms with Crippen LogP contribution in [0.4, 0.5) is 0 Å². The van der Waals surface area contributed by atoms with E-state index in [1.165, 1.54) is 0 Å². The van der Waals surface area contributed by atoms with Gasteiger partial charge in [0.15, 0.2) is 0 Å². The van der Waals surface area contributed by atoms with Crippen molar-refractivity contribution >= 4 is 21.8 Å². The van der Waals surface area contributed by atoms with Gasteiger partial charge in [0.25, 0.3) is 5.91 Å². The molecule has 1 atom stereocenters. The number of nitrogens with one attached hydrogen (secondary N) is 1. The molecule has 0 bridgehead atoms. The van der Waals surface area contributed by atoms with Crippen molar-refractivity contribution in [2.24, 2.45) is 5.92 Å². The lowest BCUT2D eigenvalue weighted by molar-refractivity contribution is 0.0938. The number of halogens is 1. The van der Waals surface area contributed by atoms with Crippen LogP contribution in [0.3, 0.4) is 0 Å². The van der Waals surface area contributed by atoms with Gasteiger partial charge in [0, 0.05) is 13.2 Å². The number of aromatic nitrogens is 1. The van der Waals surface area contributed by atoms with Gasteiger partial charge in [-0.3, -0.25) is 4.79 Å². The Balaban J connectivity index is 2.49. The topological polar surface area (TPSA) is 62.2 Å². The summed E-state index contributed by atoms with van der Waals surface area (Å²) in [5.41, 5.74) is 0.401. The van der Waals surface area contributed by atoms with Crippen LogP contribution in [0.2, 0.25) is 0 Å². The number of hydrogen-bond acceptors (Lipinski definition) is 3. The molecule has 94 valence electrons. The Labute approximate surface area is 110 Å². The van der Waals surface area contributed by atoms with Crippen LogP contribution in [0.15, 0.2) is 22.8 Å². The molecule has 17 heavy (non-hydrogen) atoms. The second-order valence-corrected chi connectivity index (χ2v) is 4.65. The molecule has 0 saturated heterocycles. The van der Waals surface area contributed by atoms with Gasteiger partial charge in [-0.1, -0.05) is 19.4 Å². The van der Waals surface area contributed by atoms with E-state index >= 15 is 0 Å².